The van der Waals surface area contributed by atoms with Crippen molar-refractivity contribution >= 4 is 44.4 Å². The Labute approximate surface area is 186 Å². The summed E-state index contributed by atoms with van der Waals surface area (Å²) in [6, 6.07) is 7.33. The first-order chi connectivity index (χ1) is 14.7. The van der Waals surface area contributed by atoms with Gasteiger partial charge in [-0.05, 0) is 25.1 Å². The SMILES string of the molecule is CN1C(N)=N[C@](C)(c2sc(-c3nnc(-c4cnn5ccccc45)o3)cc2Cl)CS1(=O)=O. The highest BCUT2D eigenvalue weighted by Crippen LogP contribution is 2.44. The molecular formula is C18H16ClN7O3S2. The molecule has 0 saturated carbocycles. The van der Waals surface area contributed by atoms with Crippen molar-refractivity contribution in [1.29, 1.82) is 0 Å². The minimum atomic E-state index is -3.62. The van der Waals surface area contributed by atoms with Crippen LogP contribution in [0, 0.1) is 0 Å². The van der Waals surface area contributed by atoms with Crippen molar-refractivity contribution in [3.8, 4) is 22.2 Å². The molecule has 5 heterocycles. The number of thiophene rings is 1. The summed E-state index contributed by atoms with van der Waals surface area (Å²) >= 11 is 7.71. The molecule has 1 aliphatic rings. The fourth-order valence-electron chi connectivity index (χ4n) is 3.44. The molecule has 0 saturated heterocycles. The Hall–Kier alpha value is -2.96. The first-order valence-electron chi connectivity index (χ1n) is 9.06. The highest BCUT2D eigenvalue weighted by molar-refractivity contribution is 7.89. The summed E-state index contributed by atoms with van der Waals surface area (Å²) in [6.45, 7) is 1.68. The van der Waals surface area contributed by atoms with Crippen LogP contribution in [0.15, 0.2) is 46.1 Å². The zero-order chi connectivity index (χ0) is 22.0. The van der Waals surface area contributed by atoms with Gasteiger partial charge in [0.15, 0.2) is 0 Å². The Morgan fingerprint density at radius 1 is 1.29 bits per heavy atom. The molecule has 31 heavy (non-hydrogen) atoms. The Morgan fingerprint density at radius 3 is 2.84 bits per heavy atom. The highest BCUT2D eigenvalue weighted by Gasteiger charge is 2.42. The first-order valence-corrected chi connectivity index (χ1v) is 11.9. The lowest BCUT2D eigenvalue weighted by atomic mass is 10.0. The number of hydrogen-bond donors (Lipinski definition) is 1. The molecule has 1 aliphatic heterocycles. The van der Waals surface area contributed by atoms with Crippen molar-refractivity contribution in [3.63, 3.8) is 0 Å². The van der Waals surface area contributed by atoms with Crippen LogP contribution in [0.4, 0.5) is 0 Å². The quantitative estimate of drug-likeness (QED) is 0.479. The van der Waals surface area contributed by atoms with Gasteiger partial charge in [0, 0.05) is 13.2 Å². The summed E-state index contributed by atoms with van der Waals surface area (Å²) < 4.78 is 33.5. The monoisotopic (exact) mass is 477 g/mol. The third kappa shape index (κ3) is 3.18. The van der Waals surface area contributed by atoms with E-state index in [1.165, 1.54) is 18.4 Å². The van der Waals surface area contributed by atoms with E-state index < -0.39 is 15.6 Å². The predicted octanol–water partition coefficient (Wildman–Crippen LogP) is 2.57. The summed E-state index contributed by atoms with van der Waals surface area (Å²) in [4.78, 5) is 5.55. The minimum absolute atomic E-state index is 0.0899. The van der Waals surface area contributed by atoms with E-state index in [9.17, 15) is 8.42 Å². The lowest BCUT2D eigenvalue weighted by Crippen LogP contribution is -2.50. The molecule has 4 aromatic rings. The van der Waals surface area contributed by atoms with Gasteiger partial charge < -0.3 is 10.2 Å². The molecule has 4 aromatic heterocycles. The van der Waals surface area contributed by atoms with Gasteiger partial charge in [-0.25, -0.2) is 22.2 Å². The lowest BCUT2D eigenvalue weighted by Gasteiger charge is -2.33. The third-order valence-electron chi connectivity index (χ3n) is 5.03. The van der Waals surface area contributed by atoms with Crippen LogP contribution in [0.25, 0.3) is 27.7 Å². The maximum Gasteiger partial charge on any atom is 0.258 e. The van der Waals surface area contributed by atoms with Gasteiger partial charge >= 0.3 is 0 Å². The molecule has 10 nitrogen and oxygen atoms in total. The standard InChI is InChI=1S/C18H16ClN7O3S2/c1-18(9-31(27,28)25(2)17(20)22-18)14-11(19)7-13(30-14)16-24-23-15(29-16)10-8-21-26-6-4-3-5-12(10)26/h3-8H,9H2,1-2H3,(H2,20,22)/t18-/m0/s1. The number of aromatic nitrogens is 4. The molecule has 5 rings (SSSR count). The predicted molar refractivity (Wildman–Crippen MR) is 117 cm³/mol. The Bertz CT molecular complexity index is 1460. The number of rotatable bonds is 3. The number of guanidine groups is 1. The van der Waals surface area contributed by atoms with Gasteiger partial charge in [0.2, 0.25) is 16.0 Å². The molecule has 0 amide bonds. The smallest absolute Gasteiger partial charge is 0.258 e. The lowest BCUT2D eigenvalue weighted by molar-refractivity contribution is 0.482. The van der Waals surface area contributed by atoms with Gasteiger partial charge in [-0.3, -0.25) is 0 Å². The number of nitrogens with zero attached hydrogens (tertiary/aromatic N) is 6. The van der Waals surface area contributed by atoms with Crippen molar-refractivity contribution < 1.29 is 12.8 Å². The van der Waals surface area contributed by atoms with Gasteiger partial charge in [-0.2, -0.15) is 5.10 Å². The second-order valence-corrected chi connectivity index (χ2v) is 10.7. The van der Waals surface area contributed by atoms with E-state index in [1.54, 1.807) is 23.7 Å². The maximum atomic E-state index is 12.5. The molecule has 0 fully saturated rings. The molecule has 1 atom stereocenters. The van der Waals surface area contributed by atoms with Gasteiger partial charge in [-0.1, -0.05) is 17.7 Å². The molecule has 0 spiro atoms. The van der Waals surface area contributed by atoms with Crippen LogP contribution >= 0.6 is 22.9 Å². The second kappa shape index (κ2) is 6.77. The molecule has 2 N–H and O–H groups in total. The number of nitrogens with two attached hydrogens (primary N) is 1. The van der Waals surface area contributed by atoms with E-state index in [4.69, 9.17) is 21.8 Å². The van der Waals surface area contributed by atoms with Crippen LogP contribution in [0.3, 0.4) is 0 Å². The maximum absolute atomic E-state index is 12.5. The van der Waals surface area contributed by atoms with E-state index in [0.717, 1.165) is 9.82 Å². The number of fused-ring (bicyclic) bond motifs is 1. The van der Waals surface area contributed by atoms with Gasteiger partial charge in [-0.15, -0.1) is 21.5 Å². The summed E-state index contributed by atoms with van der Waals surface area (Å²) in [6.07, 6.45) is 3.48. The van der Waals surface area contributed by atoms with Crippen molar-refractivity contribution in [2.24, 2.45) is 10.7 Å². The summed E-state index contributed by atoms with van der Waals surface area (Å²) in [5.74, 6) is 0.235. The molecule has 0 aliphatic carbocycles. The number of halogens is 1. The normalized spacial score (nSPS) is 20.9. The fourth-order valence-corrected chi connectivity index (χ4v) is 6.52. The summed E-state index contributed by atoms with van der Waals surface area (Å²) in [7, 11) is -2.25. The third-order valence-corrected chi connectivity index (χ3v) is 8.77. The van der Waals surface area contributed by atoms with Crippen LogP contribution in [0.2, 0.25) is 5.02 Å². The van der Waals surface area contributed by atoms with E-state index in [0.29, 0.717) is 26.2 Å². The van der Waals surface area contributed by atoms with Gasteiger partial charge in [0.1, 0.15) is 5.54 Å². The van der Waals surface area contributed by atoms with E-state index in [2.05, 4.69) is 20.3 Å². The second-order valence-electron chi connectivity index (χ2n) is 7.26. The Kier molecular flexibility index (Phi) is 4.36. The van der Waals surface area contributed by atoms with Crippen molar-refractivity contribution in [2.75, 3.05) is 12.8 Å². The first kappa shape index (κ1) is 20.0. The summed E-state index contributed by atoms with van der Waals surface area (Å²) in [5.41, 5.74) is 6.25. The largest absolute Gasteiger partial charge is 0.415 e. The fraction of sp³-hybridized carbons (Fsp3) is 0.222. The zero-order valence-electron chi connectivity index (χ0n) is 16.4. The Morgan fingerprint density at radius 2 is 2.06 bits per heavy atom. The van der Waals surface area contributed by atoms with E-state index in [-0.39, 0.29) is 17.6 Å². The highest BCUT2D eigenvalue weighted by atomic mass is 35.5. The van der Waals surface area contributed by atoms with E-state index in [1.807, 2.05) is 24.4 Å². The Balaban J connectivity index is 1.54. The van der Waals surface area contributed by atoms with Crippen LogP contribution < -0.4 is 5.73 Å². The van der Waals surface area contributed by atoms with Gasteiger partial charge in [0.25, 0.3) is 11.8 Å². The summed E-state index contributed by atoms with van der Waals surface area (Å²) in [5, 5.41) is 12.9. The number of aliphatic imine (C=N–C) groups is 1. The molecular weight excluding hydrogens is 462 g/mol. The topological polar surface area (TPSA) is 132 Å². The number of pyridine rings is 1. The average molecular weight is 478 g/mol. The molecule has 0 radical (unpaired) electrons. The number of hydrogen-bond acceptors (Lipinski definition) is 9. The van der Waals surface area contributed by atoms with Crippen LogP contribution in [0.5, 0.6) is 0 Å². The van der Waals surface area contributed by atoms with Crippen molar-refractivity contribution in [1.82, 2.24) is 24.1 Å². The van der Waals surface area contributed by atoms with E-state index >= 15 is 0 Å². The molecule has 160 valence electrons. The van der Waals surface area contributed by atoms with Crippen molar-refractivity contribution in [3.05, 3.63) is 46.6 Å². The number of sulfonamides is 1. The molecule has 0 bridgehead atoms. The van der Waals surface area contributed by atoms with Crippen molar-refractivity contribution in [2.45, 2.75) is 12.5 Å². The molecule has 13 heteroatoms. The molecule has 0 aromatic carbocycles. The zero-order valence-corrected chi connectivity index (χ0v) is 18.7. The van der Waals surface area contributed by atoms with Crippen LogP contribution in [-0.4, -0.2) is 51.3 Å². The molecule has 0 unspecified atom stereocenters. The average Bonchev–Trinajstić information content (AvgIpc) is 3.43. The van der Waals surface area contributed by atoms with Crippen LogP contribution in [0.1, 0.15) is 11.8 Å². The van der Waals surface area contributed by atoms with Gasteiger partial charge in [0.05, 0.1) is 37.8 Å². The van der Waals surface area contributed by atoms with Crippen LogP contribution in [-0.2, 0) is 15.6 Å². The minimum Gasteiger partial charge on any atom is -0.415 e.